The summed E-state index contributed by atoms with van der Waals surface area (Å²) in [7, 11) is 0. The van der Waals surface area contributed by atoms with Gasteiger partial charge in [-0.15, -0.1) is 11.6 Å². The highest BCUT2D eigenvalue weighted by Gasteiger charge is 2.22. The molecule has 0 bridgehead atoms. The molecule has 3 nitrogen and oxygen atoms in total. The van der Waals surface area contributed by atoms with Crippen molar-refractivity contribution in [2.75, 3.05) is 23.9 Å². The molecule has 24 heavy (non-hydrogen) atoms. The monoisotopic (exact) mass is 363 g/mol. The Morgan fingerprint density at radius 2 is 1.88 bits per heavy atom. The third-order valence-electron chi connectivity index (χ3n) is 4.52. The Morgan fingerprint density at radius 3 is 2.50 bits per heavy atom. The Hall–Kier alpha value is -1.29. The number of halogens is 2. The summed E-state index contributed by atoms with van der Waals surface area (Å²) in [5.74, 6) is 1.69. The summed E-state index contributed by atoms with van der Waals surface area (Å²) in [6.45, 7) is 2.06. The van der Waals surface area contributed by atoms with Crippen LogP contribution in [0.2, 0.25) is 5.02 Å². The summed E-state index contributed by atoms with van der Waals surface area (Å²) in [4.78, 5) is 6.80. The molecule has 1 N–H and O–H groups in total. The summed E-state index contributed by atoms with van der Waals surface area (Å²) in [6, 6.07) is 14.9. The van der Waals surface area contributed by atoms with E-state index in [1.54, 1.807) is 0 Å². The molecule has 0 aliphatic carbocycles. The number of aromatic nitrogens is 1. The van der Waals surface area contributed by atoms with Crippen molar-refractivity contribution >= 4 is 29.0 Å². The van der Waals surface area contributed by atoms with E-state index in [0.717, 1.165) is 43.2 Å². The van der Waals surface area contributed by atoms with E-state index < -0.39 is 0 Å². The van der Waals surface area contributed by atoms with Gasteiger partial charge in [-0.2, -0.15) is 0 Å². The zero-order chi connectivity index (χ0) is 16.8. The fourth-order valence-electron chi connectivity index (χ4n) is 3.21. The molecular formula is C19H23Cl2N3. The van der Waals surface area contributed by atoms with Gasteiger partial charge in [0.15, 0.2) is 0 Å². The van der Waals surface area contributed by atoms with Crippen molar-refractivity contribution in [3.05, 3.63) is 59.2 Å². The third-order valence-corrected chi connectivity index (χ3v) is 5.15. The number of benzene rings is 1. The van der Waals surface area contributed by atoms with Gasteiger partial charge in [-0.3, -0.25) is 0 Å². The summed E-state index contributed by atoms with van der Waals surface area (Å²) < 4.78 is 0. The number of hydrogen-bond acceptors (Lipinski definition) is 3. The highest BCUT2D eigenvalue weighted by Crippen LogP contribution is 2.18. The smallest absolute Gasteiger partial charge is 0.128 e. The van der Waals surface area contributed by atoms with Crippen molar-refractivity contribution in [2.45, 2.75) is 31.3 Å². The predicted octanol–water partition coefficient (Wildman–Crippen LogP) is 4.14. The zero-order valence-corrected chi connectivity index (χ0v) is 15.2. The summed E-state index contributed by atoms with van der Waals surface area (Å²) in [5.41, 5.74) is 1.27. The van der Waals surface area contributed by atoms with E-state index >= 15 is 0 Å². The van der Waals surface area contributed by atoms with Crippen LogP contribution in [-0.2, 0) is 6.42 Å². The molecule has 1 aliphatic heterocycles. The third kappa shape index (κ3) is 4.85. The number of piperidine rings is 1. The predicted molar refractivity (Wildman–Crippen MR) is 102 cm³/mol. The lowest BCUT2D eigenvalue weighted by Crippen LogP contribution is -2.47. The van der Waals surface area contributed by atoms with Crippen molar-refractivity contribution in [1.82, 2.24) is 10.3 Å². The zero-order valence-electron chi connectivity index (χ0n) is 13.7. The first kappa shape index (κ1) is 17.5. The van der Waals surface area contributed by atoms with Gasteiger partial charge >= 0.3 is 0 Å². The van der Waals surface area contributed by atoms with Gasteiger partial charge in [0.05, 0.1) is 0 Å². The van der Waals surface area contributed by atoms with E-state index in [1.165, 1.54) is 5.56 Å². The number of alkyl halides is 1. The van der Waals surface area contributed by atoms with E-state index in [0.29, 0.717) is 18.0 Å². The van der Waals surface area contributed by atoms with Crippen LogP contribution in [0.1, 0.15) is 18.4 Å². The second-order valence-corrected chi connectivity index (χ2v) is 7.04. The maximum absolute atomic E-state index is 6.18. The van der Waals surface area contributed by atoms with E-state index in [1.807, 2.05) is 30.5 Å². The number of hydrogen-bond donors (Lipinski definition) is 1. The van der Waals surface area contributed by atoms with Crippen LogP contribution < -0.4 is 10.2 Å². The molecule has 0 amide bonds. The fourth-order valence-corrected chi connectivity index (χ4v) is 3.54. The van der Waals surface area contributed by atoms with Gasteiger partial charge in [0.2, 0.25) is 0 Å². The Morgan fingerprint density at radius 1 is 1.12 bits per heavy atom. The molecule has 5 heteroatoms. The largest absolute Gasteiger partial charge is 0.357 e. The molecule has 0 saturated carbocycles. The van der Waals surface area contributed by atoms with Gasteiger partial charge in [0.25, 0.3) is 0 Å². The molecule has 1 aliphatic rings. The lowest BCUT2D eigenvalue weighted by Gasteiger charge is -2.35. The van der Waals surface area contributed by atoms with Gasteiger partial charge in [0.1, 0.15) is 5.82 Å². The molecule has 0 radical (unpaired) electrons. The van der Waals surface area contributed by atoms with E-state index in [4.69, 9.17) is 23.2 Å². The number of pyridine rings is 1. The molecule has 1 fully saturated rings. The normalized spacial score (nSPS) is 17.0. The molecule has 1 saturated heterocycles. The quantitative estimate of drug-likeness (QED) is 0.781. The summed E-state index contributed by atoms with van der Waals surface area (Å²) in [5, 5.41) is 4.50. The highest BCUT2D eigenvalue weighted by atomic mass is 35.5. The number of rotatable bonds is 6. The van der Waals surface area contributed by atoms with E-state index in [-0.39, 0.29) is 0 Å². The van der Waals surface area contributed by atoms with Crippen LogP contribution in [0.4, 0.5) is 5.82 Å². The highest BCUT2D eigenvalue weighted by molar-refractivity contribution is 6.30. The van der Waals surface area contributed by atoms with Gasteiger partial charge in [-0.1, -0.05) is 29.8 Å². The molecular weight excluding hydrogens is 341 g/mol. The van der Waals surface area contributed by atoms with Crippen LogP contribution in [-0.4, -0.2) is 36.0 Å². The molecule has 1 atom stereocenters. The summed E-state index contributed by atoms with van der Waals surface area (Å²) >= 11 is 12.1. The minimum atomic E-state index is 0.291. The standard InChI is InChI=1S/C19H23Cl2N3/c20-14-18(13-15-4-6-16(21)7-5-15)23-17-8-11-24(12-9-17)19-3-1-2-10-22-19/h1-7,10,17-18,23H,8-9,11-14H2/t18-/m0/s1. The number of nitrogens with one attached hydrogen (secondary N) is 1. The average molecular weight is 364 g/mol. The molecule has 2 heterocycles. The topological polar surface area (TPSA) is 28.2 Å². The molecule has 1 aromatic carbocycles. The van der Waals surface area contributed by atoms with Crippen LogP contribution in [0.15, 0.2) is 48.7 Å². The van der Waals surface area contributed by atoms with E-state index in [9.17, 15) is 0 Å². The Labute approximate surface area is 154 Å². The summed E-state index contributed by atoms with van der Waals surface area (Å²) in [6.07, 6.45) is 5.02. The van der Waals surface area contributed by atoms with Crippen LogP contribution in [0, 0.1) is 0 Å². The molecule has 1 aromatic heterocycles. The minimum Gasteiger partial charge on any atom is -0.357 e. The minimum absolute atomic E-state index is 0.291. The van der Waals surface area contributed by atoms with Gasteiger partial charge in [-0.25, -0.2) is 4.98 Å². The Balaban J connectivity index is 1.49. The Kier molecular flexibility index (Phi) is 6.36. The first-order valence-electron chi connectivity index (χ1n) is 8.47. The van der Waals surface area contributed by atoms with Crippen molar-refractivity contribution in [3.8, 4) is 0 Å². The van der Waals surface area contributed by atoms with Crippen molar-refractivity contribution < 1.29 is 0 Å². The van der Waals surface area contributed by atoms with Gasteiger partial charge < -0.3 is 10.2 Å². The maximum atomic E-state index is 6.18. The van der Waals surface area contributed by atoms with Crippen molar-refractivity contribution in [1.29, 1.82) is 0 Å². The van der Waals surface area contributed by atoms with Gasteiger partial charge in [0, 0.05) is 42.3 Å². The van der Waals surface area contributed by atoms with Crippen molar-refractivity contribution in [3.63, 3.8) is 0 Å². The first-order chi connectivity index (χ1) is 11.7. The number of anilines is 1. The molecule has 0 unspecified atom stereocenters. The lowest BCUT2D eigenvalue weighted by molar-refractivity contribution is 0.376. The van der Waals surface area contributed by atoms with Crippen LogP contribution in [0.5, 0.6) is 0 Å². The molecule has 128 valence electrons. The second-order valence-electron chi connectivity index (χ2n) is 6.30. The van der Waals surface area contributed by atoms with Crippen molar-refractivity contribution in [2.24, 2.45) is 0 Å². The first-order valence-corrected chi connectivity index (χ1v) is 9.38. The lowest BCUT2D eigenvalue weighted by atomic mass is 10.0. The molecule has 3 rings (SSSR count). The van der Waals surface area contributed by atoms with E-state index in [2.05, 4.69) is 33.4 Å². The van der Waals surface area contributed by atoms with Crippen LogP contribution in [0.3, 0.4) is 0 Å². The molecule has 2 aromatic rings. The molecule has 0 spiro atoms. The second kappa shape index (κ2) is 8.70. The number of nitrogens with zero attached hydrogens (tertiary/aromatic N) is 2. The fraction of sp³-hybridized carbons (Fsp3) is 0.421. The SMILES string of the molecule is ClC[C@H](Cc1ccc(Cl)cc1)NC1CCN(c2ccccn2)CC1. The van der Waals surface area contributed by atoms with Gasteiger partial charge in [-0.05, 0) is 49.1 Å². The van der Waals surface area contributed by atoms with Crippen LogP contribution in [0.25, 0.3) is 0 Å². The Bertz CT molecular complexity index is 610. The average Bonchev–Trinajstić information content (AvgIpc) is 2.64. The van der Waals surface area contributed by atoms with Crippen LogP contribution >= 0.6 is 23.2 Å². The maximum Gasteiger partial charge on any atom is 0.128 e.